The maximum atomic E-state index is 9.07. The molecule has 0 N–H and O–H groups in total. The molecule has 0 spiro atoms. The Labute approximate surface area is 104 Å². The second kappa shape index (κ2) is 10.4. The molecule has 0 atom stereocenters. The van der Waals surface area contributed by atoms with Crippen molar-refractivity contribution in [3.05, 3.63) is 0 Å². The number of nitrogens with zero attached hydrogens (tertiary/aromatic N) is 1. The fourth-order valence-corrected chi connectivity index (χ4v) is 8.55. The molecule has 0 amide bonds. The Bertz CT molecular complexity index is 225. The first-order valence-electron chi connectivity index (χ1n) is 6.72. The fourth-order valence-electron chi connectivity index (χ4n) is 1.94. The molecule has 0 fully saturated rings. The van der Waals surface area contributed by atoms with Gasteiger partial charge in [-0.05, 0) is 37.7 Å². The van der Waals surface area contributed by atoms with E-state index in [1.54, 1.807) is 0 Å². The topological polar surface area (TPSA) is 23.8 Å². The minimum Gasteiger partial charge on any atom is -0.188 e. The molecule has 0 heterocycles. The Balaban J connectivity index is 4.62. The molecule has 0 saturated heterocycles. The largest absolute Gasteiger partial charge is 0.188 e. The fraction of sp³-hybridized carbons (Fsp3) is 0.923. The van der Waals surface area contributed by atoms with E-state index in [9.17, 15) is 0 Å². The quantitative estimate of drug-likeness (QED) is 0.484. The summed E-state index contributed by atoms with van der Waals surface area (Å²) in [5.41, 5.74) is 0. The Morgan fingerprint density at radius 3 is 1.50 bits per heavy atom. The summed E-state index contributed by atoms with van der Waals surface area (Å²) in [5, 5.41) is 9.07. The molecule has 0 aliphatic carbocycles. The van der Waals surface area contributed by atoms with E-state index in [1.807, 2.05) is 0 Å². The molecule has 3 heteroatoms. The number of unbranched alkanes of at least 4 members (excludes halogenated alkanes) is 3. The highest BCUT2D eigenvalue weighted by Gasteiger charge is 2.16. The highest BCUT2D eigenvalue weighted by molar-refractivity contribution is 8.06. The highest BCUT2D eigenvalue weighted by atomic mass is 31.8. The van der Waals surface area contributed by atoms with E-state index in [4.69, 9.17) is 5.26 Å². The van der Waals surface area contributed by atoms with Gasteiger partial charge in [-0.1, -0.05) is 46.6 Å². The number of rotatable bonds is 9. The van der Waals surface area contributed by atoms with Crippen molar-refractivity contribution in [1.82, 2.24) is 0 Å². The molecule has 0 bridgehead atoms. The van der Waals surface area contributed by atoms with Crippen molar-refractivity contribution >= 4 is 14.4 Å². The zero-order valence-electron chi connectivity index (χ0n) is 11.2. The molecule has 0 aromatic carbocycles. The van der Waals surface area contributed by atoms with Crippen molar-refractivity contribution in [2.45, 2.75) is 59.3 Å². The summed E-state index contributed by atoms with van der Waals surface area (Å²) in [7, 11) is 1.14. The van der Waals surface area contributed by atoms with Gasteiger partial charge in [-0.25, -0.2) is 0 Å². The molecule has 0 unspecified atom stereocenters. The van der Waals surface area contributed by atoms with Crippen LogP contribution in [-0.4, -0.2) is 18.5 Å². The number of hydrogen-bond donors (Lipinski definition) is 0. The standard InChI is InChI=1S/C13H27NP2/c1-4-7-10-16(15-13-14,11-8-5-2)12-9-6-3/h4-12H2,1-3H3. The SMILES string of the molecule is CCCCP(CCCC)(CCCC)=PC#N. The van der Waals surface area contributed by atoms with Gasteiger partial charge in [-0.3, -0.25) is 0 Å². The van der Waals surface area contributed by atoms with Crippen LogP contribution in [0.5, 0.6) is 0 Å². The summed E-state index contributed by atoms with van der Waals surface area (Å²) in [6.45, 7) is 5.85. The van der Waals surface area contributed by atoms with E-state index in [0.29, 0.717) is 0 Å². The monoisotopic (exact) mass is 259 g/mol. The lowest BCUT2D eigenvalue weighted by Gasteiger charge is -2.24. The first kappa shape index (κ1) is 16.2. The average molecular weight is 259 g/mol. The first-order chi connectivity index (χ1) is 7.74. The van der Waals surface area contributed by atoms with Crippen LogP contribution in [0.25, 0.3) is 0 Å². The summed E-state index contributed by atoms with van der Waals surface area (Å²) >= 11 is 0. The molecule has 0 radical (unpaired) electrons. The van der Waals surface area contributed by atoms with Crippen LogP contribution in [0.1, 0.15) is 59.3 Å². The number of nitriles is 1. The van der Waals surface area contributed by atoms with E-state index in [-0.39, 0.29) is 0 Å². The van der Waals surface area contributed by atoms with Crippen molar-refractivity contribution in [2.24, 2.45) is 0 Å². The Hall–Kier alpha value is 0.220. The van der Waals surface area contributed by atoms with E-state index in [2.05, 4.69) is 26.6 Å². The minimum atomic E-state index is -0.935. The summed E-state index contributed by atoms with van der Waals surface area (Å²) in [6.07, 6.45) is 11.9. The molecule has 0 aliphatic rings. The van der Waals surface area contributed by atoms with Gasteiger partial charge >= 0.3 is 0 Å². The van der Waals surface area contributed by atoms with Crippen molar-refractivity contribution in [2.75, 3.05) is 18.5 Å². The van der Waals surface area contributed by atoms with Crippen molar-refractivity contribution < 1.29 is 0 Å². The van der Waals surface area contributed by atoms with Crippen LogP contribution < -0.4 is 0 Å². The highest BCUT2D eigenvalue weighted by Crippen LogP contribution is 2.58. The normalized spacial score (nSPS) is 11.6. The van der Waals surface area contributed by atoms with Crippen LogP contribution in [0.4, 0.5) is 0 Å². The third kappa shape index (κ3) is 6.73. The minimum absolute atomic E-state index is 0.935. The van der Waals surface area contributed by atoms with Crippen LogP contribution in [-0.2, 0) is 0 Å². The molecule has 16 heavy (non-hydrogen) atoms. The molecule has 0 aromatic rings. The van der Waals surface area contributed by atoms with E-state index >= 15 is 0 Å². The number of hydrogen-bond acceptors (Lipinski definition) is 1. The predicted molar refractivity (Wildman–Crippen MR) is 78.8 cm³/mol. The molecule has 0 aromatic heterocycles. The molecule has 94 valence electrons. The zero-order valence-corrected chi connectivity index (χ0v) is 13.0. The smallest absolute Gasteiger partial charge is 0.121 e. The van der Waals surface area contributed by atoms with Crippen LogP contribution >= 0.6 is 14.4 Å². The van der Waals surface area contributed by atoms with E-state index in [1.165, 1.54) is 57.0 Å². The summed E-state index contributed by atoms with van der Waals surface area (Å²) in [6, 6.07) is 0. The Morgan fingerprint density at radius 1 is 0.875 bits per heavy atom. The van der Waals surface area contributed by atoms with E-state index in [0.717, 1.165) is 7.87 Å². The van der Waals surface area contributed by atoms with Crippen LogP contribution in [0.15, 0.2) is 0 Å². The van der Waals surface area contributed by atoms with Gasteiger partial charge < -0.3 is 0 Å². The predicted octanol–water partition coefficient (Wildman–Crippen LogP) is 5.75. The van der Waals surface area contributed by atoms with Crippen molar-refractivity contribution in [3.63, 3.8) is 0 Å². The molecule has 1 nitrogen and oxygen atoms in total. The maximum Gasteiger partial charge on any atom is 0.121 e. The van der Waals surface area contributed by atoms with Crippen LogP contribution in [0.3, 0.4) is 0 Å². The lowest BCUT2D eigenvalue weighted by atomic mass is 10.4. The van der Waals surface area contributed by atoms with Gasteiger partial charge in [-0.15, -0.1) is 0 Å². The van der Waals surface area contributed by atoms with Crippen molar-refractivity contribution in [3.8, 4) is 5.81 Å². The molecular formula is C13H27NP2. The Kier molecular flexibility index (Phi) is 10.5. The average Bonchev–Trinajstić information content (AvgIpc) is 2.31. The lowest BCUT2D eigenvalue weighted by Crippen LogP contribution is -1.99. The molecule has 0 saturated carbocycles. The van der Waals surface area contributed by atoms with Gasteiger partial charge in [0.25, 0.3) is 0 Å². The lowest BCUT2D eigenvalue weighted by molar-refractivity contribution is 0.846. The molecule has 0 aliphatic heterocycles. The zero-order chi connectivity index (χ0) is 12.3. The van der Waals surface area contributed by atoms with Gasteiger partial charge in [0.15, 0.2) is 0 Å². The van der Waals surface area contributed by atoms with E-state index < -0.39 is 6.55 Å². The van der Waals surface area contributed by atoms with Gasteiger partial charge in [0.05, 0.1) is 0 Å². The third-order valence-corrected chi connectivity index (χ3v) is 10.3. The summed E-state index contributed by atoms with van der Waals surface area (Å²) in [5.74, 6) is 2.46. The van der Waals surface area contributed by atoms with Gasteiger partial charge in [0.1, 0.15) is 5.81 Å². The van der Waals surface area contributed by atoms with Gasteiger partial charge in [-0.2, -0.15) is 5.26 Å². The maximum absolute atomic E-state index is 9.07. The Morgan fingerprint density at radius 2 is 1.25 bits per heavy atom. The van der Waals surface area contributed by atoms with Gasteiger partial charge in [0, 0.05) is 7.87 Å². The van der Waals surface area contributed by atoms with Crippen LogP contribution in [0.2, 0.25) is 0 Å². The molecular weight excluding hydrogens is 232 g/mol. The van der Waals surface area contributed by atoms with Crippen molar-refractivity contribution in [1.29, 1.82) is 5.26 Å². The van der Waals surface area contributed by atoms with Gasteiger partial charge in [0.2, 0.25) is 0 Å². The summed E-state index contributed by atoms with van der Waals surface area (Å²) < 4.78 is 0. The first-order valence-corrected chi connectivity index (χ1v) is 10.7. The second-order valence-electron chi connectivity index (χ2n) is 4.53. The third-order valence-electron chi connectivity index (χ3n) is 3.04. The second-order valence-corrected chi connectivity index (χ2v) is 11.6. The summed E-state index contributed by atoms with van der Waals surface area (Å²) in [4.78, 5) is 0. The van der Waals surface area contributed by atoms with Crippen LogP contribution in [0, 0.1) is 11.1 Å². The molecule has 0 rings (SSSR count).